The van der Waals surface area contributed by atoms with Crippen molar-refractivity contribution in [2.24, 2.45) is 0 Å². The maximum Gasteiger partial charge on any atom is 0.129 e. The van der Waals surface area contributed by atoms with E-state index in [9.17, 15) is 9.50 Å². The molecule has 1 saturated heterocycles. The van der Waals surface area contributed by atoms with Crippen LogP contribution in [0.1, 0.15) is 30.1 Å². The molecule has 1 aliphatic rings. The van der Waals surface area contributed by atoms with Crippen LogP contribution in [0, 0.1) is 5.82 Å². The van der Waals surface area contributed by atoms with Crippen LogP contribution >= 0.6 is 11.6 Å². The lowest BCUT2D eigenvalue weighted by atomic mass is 9.82. The fourth-order valence-corrected chi connectivity index (χ4v) is 3.33. The van der Waals surface area contributed by atoms with Crippen LogP contribution < -0.4 is 5.32 Å². The van der Waals surface area contributed by atoms with Crippen molar-refractivity contribution in [3.05, 3.63) is 70.5 Å². The van der Waals surface area contributed by atoms with Gasteiger partial charge in [0.1, 0.15) is 5.82 Å². The van der Waals surface area contributed by atoms with E-state index in [0.29, 0.717) is 23.8 Å². The molecule has 128 valence electrons. The smallest absolute Gasteiger partial charge is 0.129 e. The molecule has 24 heavy (non-hydrogen) atoms. The lowest BCUT2D eigenvalue weighted by Crippen LogP contribution is -2.48. The van der Waals surface area contributed by atoms with Gasteiger partial charge in [-0.1, -0.05) is 41.9 Å². The van der Waals surface area contributed by atoms with Crippen molar-refractivity contribution in [1.82, 2.24) is 5.32 Å². The maximum absolute atomic E-state index is 13.8. The molecule has 0 aromatic heterocycles. The van der Waals surface area contributed by atoms with E-state index in [0.717, 1.165) is 18.4 Å². The number of aliphatic hydroxyl groups excluding tert-OH is 1. The number of hydrogen-bond donors (Lipinski definition) is 2. The Labute approximate surface area is 146 Å². The zero-order chi connectivity index (χ0) is 17.0. The molecule has 1 aliphatic heterocycles. The topological polar surface area (TPSA) is 41.5 Å². The molecule has 1 atom stereocenters. The summed E-state index contributed by atoms with van der Waals surface area (Å²) < 4.78 is 19.3. The van der Waals surface area contributed by atoms with Crippen LogP contribution in [0.3, 0.4) is 0 Å². The summed E-state index contributed by atoms with van der Waals surface area (Å²) in [6.07, 6.45) is 0.676. The van der Waals surface area contributed by atoms with E-state index in [1.165, 1.54) is 6.07 Å². The van der Waals surface area contributed by atoms with E-state index in [1.807, 2.05) is 24.3 Å². The van der Waals surface area contributed by atoms with E-state index in [1.54, 1.807) is 18.2 Å². The minimum absolute atomic E-state index is 0.267. The quantitative estimate of drug-likeness (QED) is 0.862. The summed E-state index contributed by atoms with van der Waals surface area (Å²) in [6, 6.07) is 14.0. The normalized spacial score (nSPS) is 18.3. The highest BCUT2D eigenvalue weighted by molar-refractivity contribution is 6.30. The molecular weight excluding hydrogens is 329 g/mol. The van der Waals surface area contributed by atoms with E-state index in [-0.39, 0.29) is 17.9 Å². The molecule has 0 spiro atoms. The van der Waals surface area contributed by atoms with Crippen molar-refractivity contribution in [2.75, 3.05) is 19.8 Å². The summed E-state index contributed by atoms with van der Waals surface area (Å²) in [6.45, 7) is 1.56. The summed E-state index contributed by atoms with van der Waals surface area (Å²) in [4.78, 5) is 0. The Morgan fingerprint density at radius 1 is 1.12 bits per heavy atom. The van der Waals surface area contributed by atoms with Crippen molar-refractivity contribution in [3.63, 3.8) is 0 Å². The van der Waals surface area contributed by atoms with Gasteiger partial charge < -0.3 is 15.2 Å². The molecular formula is C19H21ClFNO2. The summed E-state index contributed by atoms with van der Waals surface area (Å²) in [5.74, 6) is -0.390. The highest BCUT2D eigenvalue weighted by Crippen LogP contribution is 2.33. The third kappa shape index (κ3) is 3.78. The fraction of sp³-hybridized carbons (Fsp3) is 0.368. The van der Waals surface area contributed by atoms with E-state index >= 15 is 0 Å². The largest absolute Gasteiger partial charge is 0.387 e. The number of nitrogens with one attached hydrogen (secondary N) is 1. The summed E-state index contributed by atoms with van der Waals surface area (Å²) in [5, 5.41) is 14.5. The Kier molecular flexibility index (Phi) is 5.51. The molecule has 3 rings (SSSR count). The molecule has 2 aromatic rings. The van der Waals surface area contributed by atoms with Gasteiger partial charge in [-0.15, -0.1) is 0 Å². The second-order valence-electron chi connectivity index (χ2n) is 6.12. The molecule has 2 N–H and O–H groups in total. The number of aliphatic hydroxyl groups is 1. The zero-order valence-corrected chi connectivity index (χ0v) is 14.1. The lowest BCUT2D eigenvalue weighted by Gasteiger charge is -2.39. The summed E-state index contributed by atoms with van der Waals surface area (Å²) >= 11 is 5.99. The number of halogens is 2. The first-order chi connectivity index (χ1) is 11.6. The Morgan fingerprint density at radius 2 is 1.79 bits per heavy atom. The Hall–Kier alpha value is -1.46. The van der Waals surface area contributed by atoms with Crippen LogP contribution in [0.25, 0.3) is 0 Å². The van der Waals surface area contributed by atoms with Crippen molar-refractivity contribution in [2.45, 2.75) is 24.5 Å². The minimum Gasteiger partial charge on any atom is -0.387 e. The highest BCUT2D eigenvalue weighted by Gasteiger charge is 2.34. The SMILES string of the molecule is OC(CNC1(c2ccc(Cl)cc2)CCOCC1)c1ccccc1F. The number of hydrogen-bond acceptors (Lipinski definition) is 3. The van der Waals surface area contributed by atoms with Gasteiger partial charge in [0, 0.05) is 35.9 Å². The van der Waals surface area contributed by atoms with Gasteiger partial charge in [0.15, 0.2) is 0 Å². The van der Waals surface area contributed by atoms with Crippen molar-refractivity contribution < 1.29 is 14.2 Å². The van der Waals surface area contributed by atoms with Crippen LogP contribution in [0.4, 0.5) is 4.39 Å². The Bertz CT molecular complexity index is 671. The van der Waals surface area contributed by atoms with Crippen molar-refractivity contribution in [1.29, 1.82) is 0 Å². The van der Waals surface area contributed by atoms with E-state index in [2.05, 4.69) is 5.32 Å². The van der Waals surface area contributed by atoms with Gasteiger partial charge in [-0.3, -0.25) is 0 Å². The van der Waals surface area contributed by atoms with Crippen LogP contribution in [0.5, 0.6) is 0 Å². The minimum atomic E-state index is -0.904. The number of benzene rings is 2. The molecule has 0 aliphatic carbocycles. The van der Waals surface area contributed by atoms with Gasteiger partial charge in [-0.05, 0) is 36.6 Å². The van der Waals surface area contributed by atoms with Gasteiger partial charge >= 0.3 is 0 Å². The predicted molar refractivity (Wildman–Crippen MR) is 92.5 cm³/mol. The molecule has 5 heteroatoms. The summed E-state index contributed by atoms with van der Waals surface area (Å²) in [7, 11) is 0. The molecule has 0 saturated carbocycles. The van der Waals surface area contributed by atoms with Gasteiger partial charge in [-0.2, -0.15) is 0 Å². The van der Waals surface area contributed by atoms with E-state index in [4.69, 9.17) is 16.3 Å². The van der Waals surface area contributed by atoms with Gasteiger partial charge in [0.25, 0.3) is 0 Å². The molecule has 3 nitrogen and oxygen atoms in total. The molecule has 1 fully saturated rings. The van der Waals surface area contributed by atoms with Crippen LogP contribution in [-0.4, -0.2) is 24.9 Å². The molecule has 0 amide bonds. The van der Waals surface area contributed by atoms with Crippen molar-refractivity contribution >= 4 is 11.6 Å². The maximum atomic E-state index is 13.8. The monoisotopic (exact) mass is 349 g/mol. The first kappa shape index (κ1) is 17.4. The second kappa shape index (κ2) is 7.62. The van der Waals surface area contributed by atoms with Gasteiger partial charge in [0.05, 0.1) is 6.10 Å². The standard InChI is InChI=1S/C19H21ClFNO2/c20-15-7-5-14(6-8-15)19(9-11-24-12-10-19)22-13-18(23)16-3-1-2-4-17(16)21/h1-8,18,22-23H,9-13H2. The third-order valence-corrected chi connectivity index (χ3v) is 4.89. The van der Waals surface area contributed by atoms with Gasteiger partial charge in [0.2, 0.25) is 0 Å². The van der Waals surface area contributed by atoms with Crippen molar-refractivity contribution in [3.8, 4) is 0 Å². The fourth-order valence-electron chi connectivity index (χ4n) is 3.20. The zero-order valence-electron chi connectivity index (χ0n) is 13.3. The number of ether oxygens (including phenoxy) is 1. The Balaban J connectivity index is 1.78. The Morgan fingerprint density at radius 3 is 2.46 bits per heavy atom. The molecule has 1 unspecified atom stereocenters. The predicted octanol–water partition coefficient (Wildman–Crippen LogP) is 3.81. The average molecular weight is 350 g/mol. The third-order valence-electron chi connectivity index (χ3n) is 4.64. The number of rotatable bonds is 5. The molecule has 1 heterocycles. The second-order valence-corrected chi connectivity index (χ2v) is 6.56. The molecule has 0 bridgehead atoms. The van der Waals surface area contributed by atoms with Crippen LogP contribution in [0.2, 0.25) is 5.02 Å². The lowest BCUT2D eigenvalue weighted by molar-refractivity contribution is 0.0297. The van der Waals surface area contributed by atoms with Gasteiger partial charge in [-0.25, -0.2) is 4.39 Å². The first-order valence-corrected chi connectivity index (χ1v) is 8.50. The van der Waals surface area contributed by atoms with E-state index < -0.39 is 6.10 Å². The average Bonchev–Trinajstić information content (AvgIpc) is 2.61. The summed E-state index contributed by atoms with van der Waals surface area (Å²) in [5.41, 5.74) is 1.12. The van der Waals surface area contributed by atoms with Crippen LogP contribution in [0.15, 0.2) is 48.5 Å². The van der Waals surface area contributed by atoms with Crippen LogP contribution in [-0.2, 0) is 10.3 Å². The molecule has 0 radical (unpaired) electrons. The highest BCUT2D eigenvalue weighted by atomic mass is 35.5. The molecule has 2 aromatic carbocycles. The first-order valence-electron chi connectivity index (χ1n) is 8.12.